The van der Waals surface area contributed by atoms with Gasteiger partial charge in [-0.1, -0.05) is 0 Å². The van der Waals surface area contributed by atoms with Gasteiger partial charge in [0.05, 0.1) is 50.1 Å². The maximum atomic E-state index is 13.9. The van der Waals surface area contributed by atoms with Gasteiger partial charge in [0.15, 0.2) is 17.3 Å². The number of rotatable bonds is 6. The molecule has 1 atom stereocenters. The Morgan fingerprint density at radius 2 is 1.75 bits per heavy atom. The van der Waals surface area contributed by atoms with E-state index in [2.05, 4.69) is 4.98 Å². The summed E-state index contributed by atoms with van der Waals surface area (Å²) in [6, 6.07) is 8.09. The lowest BCUT2D eigenvalue weighted by atomic mass is 9.96. The number of allylic oxidation sites excluding steroid dienone is 1. The molecule has 1 aliphatic rings. The average molecular weight is 504 g/mol. The van der Waals surface area contributed by atoms with Crippen LogP contribution in [0.25, 0.3) is 11.3 Å². The van der Waals surface area contributed by atoms with Crippen LogP contribution in [0.5, 0.6) is 17.2 Å². The second-order valence-corrected chi connectivity index (χ2v) is 7.49. The van der Waals surface area contributed by atoms with Crippen LogP contribution in [-0.2, 0) is 0 Å². The van der Waals surface area contributed by atoms with Crippen molar-refractivity contribution >= 4 is 11.7 Å². The maximum absolute atomic E-state index is 13.9. The van der Waals surface area contributed by atoms with Crippen molar-refractivity contribution in [1.29, 1.82) is 0 Å². The largest absolute Gasteiger partial charge is 0.493 e. The third kappa shape index (κ3) is 4.26. The summed E-state index contributed by atoms with van der Waals surface area (Å²) in [7, 11) is 4.21. The third-order valence-electron chi connectivity index (χ3n) is 5.44. The van der Waals surface area contributed by atoms with Crippen LogP contribution >= 0.6 is 0 Å². The van der Waals surface area contributed by atoms with E-state index in [1.54, 1.807) is 5.32 Å². The highest BCUT2D eigenvalue weighted by atomic mass is 19.4. The molecule has 9 nitrogen and oxygen atoms in total. The summed E-state index contributed by atoms with van der Waals surface area (Å²) < 4.78 is 62.6. The number of aliphatic hydroxyl groups excluding tert-OH is 1. The summed E-state index contributed by atoms with van der Waals surface area (Å²) in [4.78, 5) is 29.9. The smallest absolute Gasteiger partial charge is 0.431 e. The molecule has 0 spiro atoms. The normalized spacial score (nSPS) is 15.6. The lowest BCUT2D eigenvalue weighted by molar-refractivity contribution is -0.0973. The molecule has 1 unspecified atom stereocenters. The molecule has 0 saturated carbocycles. The van der Waals surface area contributed by atoms with E-state index in [0.29, 0.717) is 11.3 Å². The van der Waals surface area contributed by atoms with Gasteiger partial charge in [0, 0.05) is 5.56 Å². The van der Waals surface area contributed by atoms with Crippen LogP contribution in [0.15, 0.2) is 58.3 Å². The Morgan fingerprint density at radius 3 is 2.28 bits per heavy atom. The van der Waals surface area contributed by atoms with Gasteiger partial charge in [-0.05, 0) is 36.4 Å². The fourth-order valence-corrected chi connectivity index (χ4v) is 3.79. The Morgan fingerprint density at radius 1 is 1.08 bits per heavy atom. The molecule has 0 bridgehead atoms. The van der Waals surface area contributed by atoms with Crippen LogP contribution in [0.1, 0.15) is 32.7 Å². The van der Waals surface area contributed by atoms with Crippen LogP contribution in [0, 0.1) is 0 Å². The molecule has 3 heterocycles. The van der Waals surface area contributed by atoms with Crippen LogP contribution in [0.3, 0.4) is 0 Å². The maximum Gasteiger partial charge on any atom is 0.431 e. The zero-order chi connectivity index (χ0) is 26.2. The predicted molar refractivity (Wildman–Crippen MR) is 118 cm³/mol. The number of Topliss-reactive ketones (excluding diaryl/α,β-unsaturated/α-hetero) is 1. The third-order valence-corrected chi connectivity index (χ3v) is 5.44. The van der Waals surface area contributed by atoms with E-state index >= 15 is 0 Å². The molecule has 12 heteroatoms. The number of benzene rings is 1. The van der Waals surface area contributed by atoms with Crippen molar-refractivity contribution in [3.63, 3.8) is 0 Å². The van der Waals surface area contributed by atoms with Gasteiger partial charge in [0.2, 0.25) is 11.5 Å². The summed E-state index contributed by atoms with van der Waals surface area (Å²) in [6.07, 6.45) is -6.29. The molecule has 36 heavy (non-hydrogen) atoms. The Hall–Kier alpha value is -4.32. The van der Waals surface area contributed by atoms with Crippen molar-refractivity contribution in [2.45, 2.75) is 12.3 Å². The number of halogens is 3. The molecule has 4 rings (SSSR count). The van der Waals surface area contributed by atoms with Crippen LogP contribution < -0.4 is 19.5 Å². The number of carbonyl (C=O) groups excluding carboxylic acids is 2. The predicted octanol–water partition coefficient (Wildman–Crippen LogP) is 3.84. The highest BCUT2D eigenvalue weighted by Gasteiger charge is 2.45. The minimum atomic E-state index is -5.17. The first-order chi connectivity index (χ1) is 17.1. The first-order valence-electron chi connectivity index (χ1n) is 10.3. The molecular formula is C24H19F3N2O7. The van der Waals surface area contributed by atoms with Gasteiger partial charge in [0.1, 0.15) is 11.8 Å². The highest BCUT2D eigenvalue weighted by molar-refractivity contribution is 6.10. The molecule has 2 N–H and O–H groups in total. The quantitative estimate of drug-likeness (QED) is 0.486. The SMILES string of the molecule is COc1cc(-c2ccc3c(n2)C(O)C(C(=O)c2ccco2)=C(C(F)(F)F)NC3=O)cc(OC)c1OC. The zero-order valence-corrected chi connectivity index (χ0v) is 19.1. The number of alkyl halides is 3. The molecule has 1 aliphatic heterocycles. The number of nitrogens with zero attached hydrogens (tertiary/aromatic N) is 1. The summed E-state index contributed by atoms with van der Waals surface area (Å²) in [5, 5.41) is 12.7. The molecule has 1 aromatic carbocycles. The van der Waals surface area contributed by atoms with Crippen molar-refractivity contribution in [2.24, 2.45) is 0 Å². The molecule has 2 aromatic heterocycles. The van der Waals surface area contributed by atoms with Crippen molar-refractivity contribution < 1.29 is 46.5 Å². The molecule has 0 aliphatic carbocycles. The minimum Gasteiger partial charge on any atom is -0.493 e. The van der Waals surface area contributed by atoms with Gasteiger partial charge in [-0.3, -0.25) is 9.59 Å². The molecule has 0 radical (unpaired) electrons. The Bertz CT molecular complexity index is 1340. The summed E-state index contributed by atoms with van der Waals surface area (Å²) in [5.74, 6) is -2.06. The van der Waals surface area contributed by atoms with E-state index in [-0.39, 0.29) is 22.8 Å². The molecular weight excluding hydrogens is 485 g/mol. The van der Waals surface area contributed by atoms with E-state index < -0.39 is 46.7 Å². The van der Waals surface area contributed by atoms with Gasteiger partial charge in [-0.15, -0.1) is 0 Å². The number of methoxy groups -OCH3 is 3. The standard InChI is InChI=1S/C24H19F3N2O7/c1-33-15-9-11(10-16(34-2)21(15)35-3)13-7-6-12-18(28-13)20(31)17(19(30)14-5-4-8-36-14)22(24(25,26)27)29-23(12)32/h4-10,20,31H,1-3H3,(H,29,32). The Kier molecular flexibility index (Phi) is 6.46. The number of pyridine rings is 1. The van der Waals surface area contributed by atoms with Crippen molar-refractivity contribution in [3.8, 4) is 28.5 Å². The van der Waals surface area contributed by atoms with Gasteiger partial charge in [0.25, 0.3) is 5.91 Å². The monoisotopic (exact) mass is 504 g/mol. The summed E-state index contributed by atoms with van der Waals surface area (Å²) in [6.45, 7) is 0. The van der Waals surface area contributed by atoms with Gasteiger partial charge in [-0.2, -0.15) is 13.2 Å². The number of amides is 1. The molecule has 3 aromatic rings. The second kappa shape index (κ2) is 9.38. The van der Waals surface area contributed by atoms with Gasteiger partial charge >= 0.3 is 6.18 Å². The summed E-state index contributed by atoms with van der Waals surface area (Å²) >= 11 is 0. The number of ketones is 1. The number of aliphatic hydroxyl groups is 1. The lowest BCUT2D eigenvalue weighted by Crippen LogP contribution is -2.33. The molecule has 0 fully saturated rings. The van der Waals surface area contributed by atoms with Crippen LogP contribution in [-0.4, -0.2) is 49.3 Å². The first-order valence-corrected chi connectivity index (χ1v) is 10.3. The van der Waals surface area contributed by atoms with E-state index in [4.69, 9.17) is 18.6 Å². The Labute approximate surface area is 202 Å². The fraction of sp³-hybridized carbons (Fsp3) is 0.208. The molecule has 188 valence electrons. The van der Waals surface area contributed by atoms with Gasteiger partial charge < -0.3 is 29.1 Å². The van der Waals surface area contributed by atoms with E-state index in [0.717, 1.165) is 12.3 Å². The van der Waals surface area contributed by atoms with E-state index in [9.17, 15) is 27.9 Å². The topological polar surface area (TPSA) is 120 Å². The Balaban J connectivity index is 1.91. The van der Waals surface area contributed by atoms with E-state index in [1.165, 1.54) is 51.7 Å². The second-order valence-electron chi connectivity index (χ2n) is 7.49. The molecule has 0 saturated heterocycles. The number of ether oxygens (including phenoxy) is 3. The first kappa shape index (κ1) is 24.8. The number of nitrogens with one attached hydrogen (secondary N) is 1. The zero-order valence-electron chi connectivity index (χ0n) is 19.1. The fourth-order valence-electron chi connectivity index (χ4n) is 3.79. The lowest BCUT2D eigenvalue weighted by Gasteiger charge is -2.18. The minimum absolute atomic E-state index is 0.153. The average Bonchev–Trinajstić information content (AvgIpc) is 3.37. The van der Waals surface area contributed by atoms with Crippen molar-refractivity contribution in [1.82, 2.24) is 10.3 Å². The molecule has 1 amide bonds. The highest BCUT2D eigenvalue weighted by Crippen LogP contribution is 2.42. The number of fused-ring (bicyclic) bond motifs is 1. The summed E-state index contributed by atoms with van der Waals surface area (Å²) in [5.41, 5.74) is -3.09. The number of carbonyl (C=O) groups is 2. The number of furan rings is 1. The number of hydrogen-bond donors (Lipinski definition) is 2. The number of hydrogen-bond acceptors (Lipinski definition) is 8. The number of aromatic nitrogens is 1. The van der Waals surface area contributed by atoms with Crippen LogP contribution in [0.4, 0.5) is 13.2 Å². The van der Waals surface area contributed by atoms with E-state index in [1.807, 2.05) is 0 Å². The van der Waals surface area contributed by atoms with Crippen LogP contribution in [0.2, 0.25) is 0 Å². The van der Waals surface area contributed by atoms with Gasteiger partial charge in [-0.25, -0.2) is 4.98 Å². The van der Waals surface area contributed by atoms with Crippen molar-refractivity contribution in [3.05, 3.63) is 70.9 Å². The van der Waals surface area contributed by atoms with Crippen molar-refractivity contribution in [2.75, 3.05) is 21.3 Å².